The summed E-state index contributed by atoms with van der Waals surface area (Å²) in [6.45, 7) is 0. The summed E-state index contributed by atoms with van der Waals surface area (Å²) in [6, 6.07) is 21.2. The van der Waals surface area contributed by atoms with Gasteiger partial charge in [0.1, 0.15) is 23.4 Å². The smallest absolute Gasteiger partial charge is 0.130 e. The summed E-state index contributed by atoms with van der Waals surface area (Å²) >= 11 is 3.46. The summed E-state index contributed by atoms with van der Waals surface area (Å²) in [6.07, 6.45) is 3.38. The Morgan fingerprint density at radius 3 is 2.46 bits per heavy atom. The number of allylic oxidation sites excluding steroid dienone is 1. The molecule has 0 N–H and O–H groups in total. The summed E-state index contributed by atoms with van der Waals surface area (Å²) in [5.74, 6) is 0. The van der Waals surface area contributed by atoms with Crippen LogP contribution in [0.15, 0.2) is 70.8 Å². The maximum absolute atomic E-state index is 9.04. The second kappa shape index (κ2) is 6.95. The molecule has 4 nitrogen and oxygen atoms in total. The molecule has 0 bridgehead atoms. The minimum Gasteiger partial charge on any atom is -0.240 e. The lowest BCUT2D eigenvalue weighted by Gasteiger charge is -2.01. The average molecular weight is 375 g/mol. The molecule has 0 spiro atoms. The minimum atomic E-state index is 0.0406. The van der Waals surface area contributed by atoms with Gasteiger partial charge in [-0.25, -0.2) is 4.68 Å². The minimum absolute atomic E-state index is 0.0406. The van der Waals surface area contributed by atoms with Gasteiger partial charge in [-0.1, -0.05) is 46.3 Å². The van der Waals surface area contributed by atoms with E-state index >= 15 is 0 Å². The summed E-state index contributed by atoms with van der Waals surface area (Å²) in [5, 5.41) is 22.7. The summed E-state index contributed by atoms with van der Waals surface area (Å²) < 4.78 is 2.68. The molecule has 0 amide bonds. The van der Waals surface area contributed by atoms with Gasteiger partial charge < -0.3 is 0 Å². The summed E-state index contributed by atoms with van der Waals surface area (Å²) in [4.78, 5) is 0. The number of aromatic nitrogens is 2. The van der Waals surface area contributed by atoms with E-state index in [2.05, 4.69) is 21.0 Å². The molecular weight excluding hydrogens is 364 g/mol. The maximum Gasteiger partial charge on any atom is 0.130 e. The Morgan fingerprint density at radius 2 is 1.79 bits per heavy atom. The first-order valence-electron chi connectivity index (χ1n) is 7.14. The Balaban J connectivity index is 2.19. The lowest BCUT2D eigenvalue weighted by atomic mass is 10.1. The zero-order valence-electron chi connectivity index (χ0n) is 12.5. The molecule has 5 heteroatoms. The quantitative estimate of drug-likeness (QED) is 0.622. The van der Waals surface area contributed by atoms with Crippen LogP contribution in [0.2, 0.25) is 0 Å². The third-order valence-corrected chi connectivity index (χ3v) is 3.90. The van der Waals surface area contributed by atoms with Gasteiger partial charge in [-0.05, 0) is 30.3 Å². The zero-order chi connectivity index (χ0) is 16.9. The fourth-order valence-electron chi connectivity index (χ4n) is 2.31. The van der Waals surface area contributed by atoms with E-state index in [0.29, 0.717) is 5.69 Å². The molecule has 24 heavy (non-hydrogen) atoms. The number of para-hydroxylation sites is 1. The van der Waals surface area contributed by atoms with E-state index in [1.54, 1.807) is 10.8 Å². The van der Waals surface area contributed by atoms with Crippen molar-refractivity contribution in [3.8, 4) is 29.1 Å². The first kappa shape index (κ1) is 15.7. The Hall–Kier alpha value is -3.15. The third-order valence-electron chi connectivity index (χ3n) is 3.40. The Morgan fingerprint density at radius 1 is 1.04 bits per heavy atom. The molecule has 0 fully saturated rings. The number of rotatable bonds is 3. The molecule has 2 aromatic carbocycles. The molecule has 0 radical (unpaired) electrons. The first-order valence-corrected chi connectivity index (χ1v) is 7.93. The van der Waals surface area contributed by atoms with Crippen molar-refractivity contribution in [2.75, 3.05) is 0 Å². The zero-order valence-corrected chi connectivity index (χ0v) is 14.1. The molecule has 3 rings (SSSR count). The molecule has 0 atom stereocenters. The van der Waals surface area contributed by atoms with Crippen LogP contribution in [0.1, 0.15) is 5.56 Å². The van der Waals surface area contributed by atoms with Crippen molar-refractivity contribution < 1.29 is 0 Å². The molecule has 1 heterocycles. The van der Waals surface area contributed by atoms with Gasteiger partial charge in [0.05, 0.1) is 5.69 Å². The van der Waals surface area contributed by atoms with Gasteiger partial charge in [0.2, 0.25) is 0 Å². The van der Waals surface area contributed by atoms with Crippen LogP contribution in [0.5, 0.6) is 0 Å². The van der Waals surface area contributed by atoms with Gasteiger partial charge in [-0.15, -0.1) is 0 Å². The highest BCUT2D eigenvalue weighted by Crippen LogP contribution is 2.27. The van der Waals surface area contributed by atoms with Crippen molar-refractivity contribution in [3.05, 3.63) is 76.4 Å². The molecule has 0 saturated carbocycles. The van der Waals surface area contributed by atoms with Gasteiger partial charge >= 0.3 is 0 Å². The summed E-state index contributed by atoms with van der Waals surface area (Å²) in [7, 11) is 0. The van der Waals surface area contributed by atoms with Crippen molar-refractivity contribution in [1.29, 1.82) is 10.5 Å². The van der Waals surface area contributed by atoms with Gasteiger partial charge in [-0.2, -0.15) is 15.6 Å². The lowest BCUT2D eigenvalue weighted by Crippen LogP contribution is -1.93. The fraction of sp³-hybridized carbons (Fsp3) is 0. The molecule has 0 aliphatic carbocycles. The number of halogens is 1. The molecule has 114 valence electrons. The van der Waals surface area contributed by atoms with E-state index < -0.39 is 0 Å². The van der Waals surface area contributed by atoms with Crippen LogP contribution in [0.25, 0.3) is 23.0 Å². The SMILES string of the molecule is N#CC(C#N)=Cc1cn(-c2ccccc2)nc1-c1cccc(Br)c1. The van der Waals surface area contributed by atoms with Crippen molar-refractivity contribution in [2.24, 2.45) is 0 Å². The Kier molecular flexibility index (Phi) is 4.56. The van der Waals surface area contributed by atoms with Crippen molar-refractivity contribution >= 4 is 22.0 Å². The molecule has 0 aliphatic heterocycles. The maximum atomic E-state index is 9.04. The molecular formula is C19H11BrN4. The van der Waals surface area contributed by atoms with Crippen molar-refractivity contribution in [2.45, 2.75) is 0 Å². The van der Waals surface area contributed by atoms with Crippen molar-refractivity contribution in [1.82, 2.24) is 9.78 Å². The molecule has 0 saturated heterocycles. The highest BCUT2D eigenvalue weighted by molar-refractivity contribution is 9.10. The van der Waals surface area contributed by atoms with E-state index in [9.17, 15) is 0 Å². The van der Waals surface area contributed by atoms with Crippen LogP contribution < -0.4 is 0 Å². The molecule has 3 aromatic rings. The Bertz CT molecular complexity index is 972. The fourth-order valence-corrected chi connectivity index (χ4v) is 2.71. The molecule has 0 unspecified atom stereocenters. The van der Waals surface area contributed by atoms with Gasteiger partial charge in [0.15, 0.2) is 0 Å². The first-order chi connectivity index (χ1) is 11.7. The highest BCUT2D eigenvalue weighted by Gasteiger charge is 2.12. The van der Waals surface area contributed by atoms with Gasteiger partial charge in [-0.3, -0.25) is 0 Å². The van der Waals surface area contributed by atoms with Crippen LogP contribution in [0.3, 0.4) is 0 Å². The summed E-state index contributed by atoms with van der Waals surface area (Å²) in [5.41, 5.74) is 3.28. The molecule has 1 aromatic heterocycles. The molecule has 0 aliphatic rings. The van der Waals surface area contributed by atoms with Crippen LogP contribution in [0, 0.1) is 22.7 Å². The number of nitriles is 2. The van der Waals surface area contributed by atoms with Crippen molar-refractivity contribution in [3.63, 3.8) is 0 Å². The van der Waals surface area contributed by atoms with E-state index in [0.717, 1.165) is 21.3 Å². The van der Waals surface area contributed by atoms with E-state index in [-0.39, 0.29) is 5.57 Å². The van der Waals surface area contributed by atoms with E-state index in [1.807, 2.05) is 72.9 Å². The predicted octanol–water partition coefficient (Wildman–Crippen LogP) is 4.73. The largest absolute Gasteiger partial charge is 0.240 e. The number of hydrogen-bond acceptors (Lipinski definition) is 3. The lowest BCUT2D eigenvalue weighted by molar-refractivity contribution is 0.884. The van der Waals surface area contributed by atoms with E-state index in [1.165, 1.54) is 0 Å². The van der Waals surface area contributed by atoms with Crippen LogP contribution in [-0.2, 0) is 0 Å². The van der Waals surface area contributed by atoms with E-state index in [4.69, 9.17) is 10.5 Å². The van der Waals surface area contributed by atoms with Gasteiger partial charge in [0.25, 0.3) is 0 Å². The van der Waals surface area contributed by atoms with Gasteiger partial charge in [0, 0.05) is 21.8 Å². The number of nitrogens with zero attached hydrogens (tertiary/aromatic N) is 4. The number of hydrogen-bond donors (Lipinski definition) is 0. The third kappa shape index (κ3) is 3.27. The standard InChI is InChI=1S/C19H11BrN4/c20-17-6-4-5-15(10-17)19-16(9-14(11-21)12-22)13-24(23-19)18-7-2-1-3-8-18/h1-10,13H. The predicted molar refractivity (Wildman–Crippen MR) is 95.9 cm³/mol. The number of benzene rings is 2. The van der Waals surface area contributed by atoms with Crippen LogP contribution >= 0.6 is 15.9 Å². The second-order valence-electron chi connectivity index (χ2n) is 5.01. The average Bonchev–Trinajstić information content (AvgIpc) is 3.04. The second-order valence-corrected chi connectivity index (χ2v) is 5.92. The monoisotopic (exact) mass is 374 g/mol. The highest BCUT2D eigenvalue weighted by atomic mass is 79.9. The van der Waals surface area contributed by atoms with Crippen LogP contribution in [0.4, 0.5) is 0 Å². The Labute approximate surface area is 148 Å². The normalized spacial score (nSPS) is 9.79. The van der Waals surface area contributed by atoms with Crippen LogP contribution in [-0.4, -0.2) is 9.78 Å². The topological polar surface area (TPSA) is 65.4 Å².